The van der Waals surface area contributed by atoms with E-state index in [9.17, 15) is 4.79 Å². The molecule has 0 radical (unpaired) electrons. The molecule has 1 rings (SSSR count). The largest absolute Gasteiger partial charge is 0.398 e. The topological polar surface area (TPSA) is 66.6 Å². The van der Waals surface area contributed by atoms with Crippen LogP contribution >= 0.6 is 15.9 Å². The first kappa shape index (κ1) is 13.0. The van der Waals surface area contributed by atoms with Crippen molar-refractivity contribution >= 4 is 27.5 Å². The predicted octanol–water partition coefficient (Wildman–Crippen LogP) is 1.48. The number of halogens is 1. The molecule has 1 atom stereocenters. The van der Waals surface area contributed by atoms with Crippen molar-refractivity contribution in [1.29, 1.82) is 0 Å². The number of nitrogen functional groups attached to an aromatic ring is 1. The molecule has 0 aliphatic heterocycles. The summed E-state index contributed by atoms with van der Waals surface area (Å²) < 4.78 is 0.766. The Bertz CT molecular complexity index is 396. The number of likely N-dealkylation sites (N-methyl/N-ethyl adjacent to an activating group) is 1. The number of amides is 1. The normalized spacial score (nSPS) is 12.2. The van der Waals surface area contributed by atoms with Crippen molar-refractivity contribution in [3.8, 4) is 0 Å². The van der Waals surface area contributed by atoms with Gasteiger partial charge >= 0.3 is 0 Å². The van der Waals surface area contributed by atoms with E-state index in [-0.39, 0.29) is 18.6 Å². The van der Waals surface area contributed by atoms with E-state index in [1.54, 1.807) is 32.2 Å². The van der Waals surface area contributed by atoms with Crippen molar-refractivity contribution in [2.75, 3.05) is 19.4 Å². The number of nitrogens with two attached hydrogens (primary N) is 1. The van der Waals surface area contributed by atoms with Crippen LogP contribution in [0.1, 0.15) is 17.3 Å². The number of anilines is 1. The average molecular weight is 287 g/mol. The van der Waals surface area contributed by atoms with E-state index in [0.29, 0.717) is 11.3 Å². The molecule has 1 amide bonds. The molecule has 0 saturated heterocycles. The number of aliphatic hydroxyl groups is 1. The van der Waals surface area contributed by atoms with Crippen LogP contribution in [0, 0.1) is 0 Å². The highest BCUT2D eigenvalue weighted by Gasteiger charge is 2.17. The molecule has 4 nitrogen and oxygen atoms in total. The van der Waals surface area contributed by atoms with Gasteiger partial charge in [-0.2, -0.15) is 0 Å². The van der Waals surface area contributed by atoms with Crippen molar-refractivity contribution in [2.24, 2.45) is 0 Å². The van der Waals surface area contributed by atoms with Crippen molar-refractivity contribution in [1.82, 2.24) is 4.90 Å². The third kappa shape index (κ3) is 2.74. The standard InChI is InChI=1S/C11H15BrN2O2/c1-7(6-15)14(2)11(16)8-3-4-9(12)10(13)5-8/h3-5,7,15H,6,13H2,1-2H3. The molecule has 0 heterocycles. The zero-order chi connectivity index (χ0) is 12.3. The maximum atomic E-state index is 12.0. The second-order valence-electron chi connectivity index (χ2n) is 3.68. The van der Waals surface area contributed by atoms with Crippen LogP contribution in [0.4, 0.5) is 5.69 Å². The second-order valence-corrected chi connectivity index (χ2v) is 4.54. The van der Waals surface area contributed by atoms with Crippen LogP contribution in [0.15, 0.2) is 22.7 Å². The minimum atomic E-state index is -0.211. The van der Waals surface area contributed by atoms with Crippen LogP contribution in [0.25, 0.3) is 0 Å². The number of hydrogen-bond donors (Lipinski definition) is 2. The Morgan fingerprint density at radius 1 is 1.62 bits per heavy atom. The molecular weight excluding hydrogens is 272 g/mol. The molecule has 1 aromatic carbocycles. The summed E-state index contributed by atoms with van der Waals surface area (Å²) in [4.78, 5) is 13.4. The van der Waals surface area contributed by atoms with Gasteiger partial charge in [-0.1, -0.05) is 0 Å². The van der Waals surface area contributed by atoms with Gasteiger partial charge in [-0.15, -0.1) is 0 Å². The van der Waals surface area contributed by atoms with E-state index >= 15 is 0 Å². The summed E-state index contributed by atoms with van der Waals surface area (Å²) in [5.41, 5.74) is 6.74. The zero-order valence-corrected chi connectivity index (χ0v) is 10.9. The van der Waals surface area contributed by atoms with Gasteiger partial charge in [0.2, 0.25) is 0 Å². The Balaban J connectivity index is 2.92. The van der Waals surface area contributed by atoms with Gasteiger partial charge in [0.1, 0.15) is 0 Å². The lowest BCUT2D eigenvalue weighted by molar-refractivity contribution is 0.0682. The Kier molecular flexibility index (Phi) is 4.32. The van der Waals surface area contributed by atoms with Gasteiger partial charge in [-0.05, 0) is 41.1 Å². The molecule has 1 unspecified atom stereocenters. The Morgan fingerprint density at radius 3 is 2.75 bits per heavy atom. The molecular formula is C11H15BrN2O2. The van der Waals surface area contributed by atoms with Crippen molar-refractivity contribution in [3.05, 3.63) is 28.2 Å². The van der Waals surface area contributed by atoms with Crippen LogP contribution in [-0.2, 0) is 0 Å². The fraction of sp³-hybridized carbons (Fsp3) is 0.364. The fourth-order valence-electron chi connectivity index (χ4n) is 1.20. The molecule has 1 aromatic rings. The number of rotatable bonds is 3. The number of benzene rings is 1. The van der Waals surface area contributed by atoms with Gasteiger partial charge < -0.3 is 15.7 Å². The maximum Gasteiger partial charge on any atom is 0.253 e. The molecule has 0 aliphatic rings. The Morgan fingerprint density at radius 2 is 2.25 bits per heavy atom. The molecule has 0 aliphatic carbocycles. The van der Waals surface area contributed by atoms with Crippen LogP contribution in [0.2, 0.25) is 0 Å². The molecule has 0 fully saturated rings. The Labute approximate surface area is 103 Å². The zero-order valence-electron chi connectivity index (χ0n) is 9.27. The minimum Gasteiger partial charge on any atom is -0.398 e. The number of carbonyl (C=O) groups excluding carboxylic acids is 1. The van der Waals surface area contributed by atoms with Gasteiger partial charge in [0.05, 0.1) is 12.6 Å². The van der Waals surface area contributed by atoms with Crippen molar-refractivity contribution in [2.45, 2.75) is 13.0 Å². The predicted molar refractivity (Wildman–Crippen MR) is 67.2 cm³/mol. The van der Waals surface area contributed by atoms with Crippen LogP contribution in [-0.4, -0.2) is 35.6 Å². The highest BCUT2D eigenvalue weighted by atomic mass is 79.9. The Hall–Kier alpha value is -1.07. The van der Waals surface area contributed by atoms with Crippen molar-refractivity contribution in [3.63, 3.8) is 0 Å². The van der Waals surface area contributed by atoms with Crippen LogP contribution in [0.3, 0.4) is 0 Å². The molecule has 0 saturated carbocycles. The molecule has 0 aromatic heterocycles. The van der Waals surface area contributed by atoms with Gasteiger partial charge in [0.15, 0.2) is 0 Å². The summed E-state index contributed by atoms with van der Waals surface area (Å²) in [6, 6.07) is 4.84. The highest BCUT2D eigenvalue weighted by molar-refractivity contribution is 9.10. The van der Waals surface area contributed by atoms with Crippen LogP contribution in [0.5, 0.6) is 0 Å². The SMILES string of the molecule is CC(CO)N(C)C(=O)c1ccc(Br)c(N)c1. The van der Waals surface area contributed by atoms with E-state index in [1.807, 2.05) is 0 Å². The molecule has 0 spiro atoms. The summed E-state index contributed by atoms with van der Waals surface area (Å²) in [5.74, 6) is -0.152. The molecule has 5 heteroatoms. The quantitative estimate of drug-likeness (QED) is 0.828. The van der Waals surface area contributed by atoms with Crippen LogP contribution < -0.4 is 5.73 Å². The van der Waals surface area contributed by atoms with E-state index in [1.165, 1.54) is 4.90 Å². The maximum absolute atomic E-state index is 12.0. The summed E-state index contributed by atoms with van der Waals surface area (Å²) >= 11 is 3.27. The third-order valence-corrected chi connectivity index (χ3v) is 3.21. The van der Waals surface area contributed by atoms with Gasteiger partial charge in [-0.25, -0.2) is 0 Å². The highest BCUT2D eigenvalue weighted by Crippen LogP contribution is 2.21. The van der Waals surface area contributed by atoms with Gasteiger partial charge in [-0.3, -0.25) is 4.79 Å². The number of hydrogen-bond acceptors (Lipinski definition) is 3. The van der Waals surface area contributed by atoms with Gasteiger partial charge in [0.25, 0.3) is 5.91 Å². The first-order valence-corrected chi connectivity index (χ1v) is 5.69. The van der Waals surface area contributed by atoms with Crippen molar-refractivity contribution < 1.29 is 9.90 Å². The number of aliphatic hydroxyl groups excluding tert-OH is 1. The molecule has 0 bridgehead atoms. The number of carbonyl (C=O) groups is 1. The summed E-state index contributed by atoms with van der Waals surface area (Å²) in [6.07, 6.45) is 0. The third-order valence-electron chi connectivity index (χ3n) is 2.49. The van der Waals surface area contributed by atoms with E-state index < -0.39 is 0 Å². The van der Waals surface area contributed by atoms with E-state index in [2.05, 4.69) is 15.9 Å². The lowest BCUT2D eigenvalue weighted by Crippen LogP contribution is -2.37. The average Bonchev–Trinajstić information content (AvgIpc) is 2.29. The molecule has 16 heavy (non-hydrogen) atoms. The minimum absolute atomic E-state index is 0.0613. The monoisotopic (exact) mass is 286 g/mol. The first-order valence-electron chi connectivity index (χ1n) is 4.90. The first-order chi connectivity index (χ1) is 7.47. The molecule has 3 N–H and O–H groups in total. The van der Waals surface area contributed by atoms with E-state index in [4.69, 9.17) is 10.8 Å². The summed E-state index contributed by atoms with van der Waals surface area (Å²) in [5, 5.41) is 8.97. The van der Waals surface area contributed by atoms with Gasteiger partial charge in [0, 0.05) is 22.8 Å². The lowest BCUT2D eigenvalue weighted by atomic mass is 10.1. The summed E-state index contributed by atoms with van der Waals surface area (Å²) in [6.45, 7) is 1.72. The number of nitrogens with zero attached hydrogens (tertiary/aromatic N) is 1. The fourth-order valence-corrected chi connectivity index (χ4v) is 1.45. The summed E-state index contributed by atoms with van der Waals surface area (Å²) in [7, 11) is 1.65. The lowest BCUT2D eigenvalue weighted by Gasteiger charge is -2.23. The smallest absolute Gasteiger partial charge is 0.253 e. The second kappa shape index (κ2) is 5.32. The molecule has 88 valence electrons. The van der Waals surface area contributed by atoms with E-state index in [0.717, 1.165) is 4.47 Å².